The Morgan fingerprint density at radius 1 is 1.38 bits per heavy atom. The van der Waals surface area contributed by atoms with Crippen molar-refractivity contribution in [3.63, 3.8) is 0 Å². The average Bonchev–Trinajstić information content (AvgIpc) is 2.30. The molecule has 1 rings (SSSR count). The van der Waals surface area contributed by atoms with E-state index < -0.39 is 5.54 Å². The lowest BCUT2D eigenvalue weighted by atomic mass is 9.88. The summed E-state index contributed by atoms with van der Waals surface area (Å²) in [5.74, 6) is 0.846. The molecule has 1 unspecified atom stereocenters. The van der Waals surface area contributed by atoms with Crippen LogP contribution in [0.4, 0.5) is 0 Å². The largest absolute Gasteiger partial charge is 0.303 e. The van der Waals surface area contributed by atoms with Crippen LogP contribution in [-0.4, -0.2) is 37.6 Å². The van der Waals surface area contributed by atoms with Crippen molar-refractivity contribution in [3.05, 3.63) is 0 Å². The summed E-state index contributed by atoms with van der Waals surface area (Å²) in [6.45, 7) is 3.90. The Labute approximate surface area is 99.8 Å². The van der Waals surface area contributed by atoms with E-state index in [9.17, 15) is 0 Å². The number of nitrogens with zero attached hydrogens (tertiary/aromatic N) is 2. The Morgan fingerprint density at radius 3 is 2.50 bits per heavy atom. The molecule has 1 saturated carbocycles. The van der Waals surface area contributed by atoms with Gasteiger partial charge in [-0.15, -0.1) is 0 Å². The first-order chi connectivity index (χ1) is 7.59. The van der Waals surface area contributed by atoms with Crippen LogP contribution in [0.25, 0.3) is 0 Å². The third-order valence-corrected chi connectivity index (χ3v) is 3.68. The van der Waals surface area contributed by atoms with Crippen molar-refractivity contribution in [2.24, 2.45) is 5.92 Å². The Morgan fingerprint density at radius 2 is 2.00 bits per heavy atom. The number of hydrogen-bond acceptors (Lipinski definition) is 3. The predicted octanol–water partition coefficient (Wildman–Crippen LogP) is 2.00. The minimum absolute atomic E-state index is 0.413. The fourth-order valence-electron chi connectivity index (χ4n) is 2.59. The summed E-state index contributed by atoms with van der Waals surface area (Å²) in [6, 6.07) is 2.34. The monoisotopic (exact) mass is 223 g/mol. The van der Waals surface area contributed by atoms with Gasteiger partial charge in [-0.05, 0) is 39.8 Å². The first kappa shape index (κ1) is 13.5. The third kappa shape index (κ3) is 4.11. The highest BCUT2D eigenvalue weighted by Crippen LogP contribution is 2.24. The summed E-state index contributed by atoms with van der Waals surface area (Å²) < 4.78 is 0. The molecule has 3 heteroatoms. The average molecular weight is 223 g/mol. The molecule has 0 saturated heterocycles. The molecule has 1 atom stereocenters. The van der Waals surface area contributed by atoms with Crippen LogP contribution in [0.15, 0.2) is 0 Å². The zero-order chi connectivity index (χ0) is 12.0. The molecule has 1 N–H and O–H groups in total. The van der Waals surface area contributed by atoms with Crippen molar-refractivity contribution in [3.8, 4) is 6.07 Å². The Kier molecular flexibility index (Phi) is 5.24. The number of rotatable bonds is 5. The topological polar surface area (TPSA) is 39.1 Å². The van der Waals surface area contributed by atoms with Crippen molar-refractivity contribution in [1.82, 2.24) is 10.2 Å². The molecular weight excluding hydrogens is 198 g/mol. The van der Waals surface area contributed by atoms with E-state index in [0.29, 0.717) is 0 Å². The van der Waals surface area contributed by atoms with Crippen molar-refractivity contribution < 1.29 is 0 Å². The van der Waals surface area contributed by atoms with Crippen LogP contribution in [0.3, 0.4) is 0 Å². The molecule has 0 heterocycles. The molecule has 1 aliphatic carbocycles. The molecule has 16 heavy (non-hydrogen) atoms. The first-order valence-corrected chi connectivity index (χ1v) is 6.38. The van der Waals surface area contributed by atoms with Crippen LogP contribution in [0, 0.1) is 17.2 Å². The number of likely N-dealkylation sites (N-methyl/N-ethyl adjacent to an activating group) is 2. The van der Waals surface area contributed by atoms with Crippen LogP contribution in [-0.2, 0) is 0 Å². The van der Waals surface area contributed by atoms with E-state index in [2.05, 4.69) is 23.3 Å². The van der Waals surface area contributed by atoms with E-state index in [1.807, 2.05) is 14.0 Å². The van der Waals surface area contributed by atoms with Gasteiger partial charge in [-0.2, -0.15) is 5.26 Å². The minimum atomic E-state index is -0.413. The third-order valence-electron chi connectivity index (χ3n) is 3.68. The molecule has 3 nitrogen and oxygen atoms in total. The molecule has 0 bridgehead atoms. The maximum atomic E-state index is 9.10. The number of hydrogen-bond donors (Lipinski definition) is 1. The smallest absolute Gasteiger partial charge is 0.116 e. The van der Waals surface area contributed by atoms with Crippen molar-refractivity contribution in [1.29, 1.82) is 5.26 Å². The van der Waals surface area contributed by atoms with Gasteiger partial charge in [-0.25, -0.2) is 0 Å². The summed E-state index contributed by atoms with van der Waals surface area (Å²) in [7, 11) is 3.99. The van der Waals surface area contributed by atoms with Crippen LogP contribution < -0.4 is 5.32 Å². The Hall–Kier alpha value is -0.590. The Bertz CT molecular complexity index is 240. The van der Waals surface area contributed by atoms with Gasteiger partial charge in [0.1, 0.15) is 5.54 Å². The maximum Gasteiger partial charge on any atom is 0.116 e. The van der Waals surface area contributed by atoms with E-state index in [1.54, 1.807) is 0 Å². The minimum Gasteiger partial charge on any atom is -0.303 e. The molecule has 0 aromatic carbocycles. The van der Waals surface area contributed by atoms with Gasteiger partial charge in [0.05, 0.1) is 6.07 Å². The molecular formula is C13H25N3. The lowest BCUT2D eigenvalue weighted by Gasteiger charge is -2.31. The normalized spacial score (nSPS) is 21.7. The molecule has 0 aromatic rings. The molecule has 0 aromatic heterocycles. The maximum absolute atomic E-state index is 9.10. The van der Waals surface area contributed by atoms with Gasteiger partial charge in [0, 0.05) is 13.1 Å². The number of nitrogens with one attached hydrogen (secondary N) is 1. The van der Waals surface area contributed by atoms with E-state index in [1.165, 1.54) is 32.1 Å². The van der Waals surface area contributed by atoms with Crippen molar-refractivity contribution >= 4 is 0 Å². The van der Waals surface area contributed by atoms with Crippen molar-refractivity contribution in [2.45, 2.75) is 44.6 Å². The SMILES string of the molecule is CNC(C)(C#N)CN(C)CC1CCCCC1. The van der Waals surface area contributed by atoms with E-state index >= 15 is 0 Å². The molecule has 1 fully saturated rings. The lowest BCUT2D eigenvalue weighted by Crippen LogP contribution is -2.48. The summed E-state index contributed by atoms with van der Waals surface area (Å²) >= 11 is 0. The van der Waals surface area contributed by atoms with Gasteiger partial charge >= 0.3 is 0 Å². The molecule has 0 radical (unpaired) electrons. The second kappa shape index (κ2) is 6.22. The van der Waals surface area contributed by atoms with E-state index in [0.717, 1.165) is 19.0 Å². The van der Waals surface area contributed by atoms with Crippen LogP contribution >= 0.6 is 0 Å². The van der Waals surface area contributed by atoms with Crippen LogP contribution in [0.5, 0.6) is 0 Å². The fraction of sp³-hybridized carbons (Fsp3) is 0.923. The molecule has 0 spiro atoms. The highest BCUT2D eigenvalue weighted by atomic mass is 15.1. The number of nitriles is 1. The van der Waals surface area contributed by atoms with Gasteiger partial charge < -0.3 is 10.2 Å². The summed E-state index contributed by atoms with van der Waals surface area (Å²) in [4.78, 5) is 2.30. The first-order valence-electron chi connectivity index (χ1n) is 6.38. The van der Waals surface area contributed by atoms with Gasteiger partial charge in [0.15, 0.2) is 0 Å². The summed E-state index contributed by atoms with van der Waals surface area (Å²) in [5, 5.41) is 12.2. The molecule has 1 aliphatic rings. The highest BCUT2D eigenvalue weighted by Gasteiger charge is 2.24. The second-order valence-corrected chi connectivity index (χ2v) is 5.39. The van der Waals surface area contributed by atoms with Gasteiger partial charge in [-0.3, -0.25) is 0 Å². The molecule has 0 aliphatic heterocycles. The fourth-order valence-corrected chi connectivity index (χ4v) is 2.59. The summed E-state index contributed by atoms with van der Waals surface area (Å²) in [6.07, 6.45) is 6.92. The molecule has 0 amide bonds. The van der Waals surface area contributed by atoms with E-state index in [4.69, 9.17) is 5.26 Å². The second-order valence-electron chi connectivity index (χ2n) is 5.39. The van der Waals surface area contributed by atoms with Crippen LogP contribution in [0.1, 0.15) is 39.0 Å². The van der Waals surface area contributed by atoms with Crippen LogP contribution in [0.2, 0.25) is 0 Å². The van der Waals surface area contributed by atoms with Gasteiger partial charge in [-0.1, -0.05) is 19.3 Å². The predicted molar refractivity (Wildman–Crippen MR) is 67.1 cm³/mol. The van der Waals surface area contributed by atoms with Gasteiger partial charge in [0.2, 0.25) is 0 Å². The zero-order valence-corrected chi connectivity index (χ0v) is 10.9. The summed E-state index contributed by atoms with van der Waals surface area (Å²) in [5.41, 5.74) is -0.413. The zero-order valence-electron chi connectivity index (χ0n) is 10.9. The lowest BCUT2D eigenvalue weighted by molar-refractivity contribution is 0.204. The Balaban J connectivity index is 2.34. The van der Waals surface area contributed by atoms with E-state index in [-0.39, 0.29) is 0 Å². The molecule has 92 valence electrons. The van der Waals surface area contributed by atoms with Gasteiger partial charge in [0.25, 0.3) is 0 Å². The highest BCUT2D eigenvalue weighted by molar-refractivity contribution is 5.04. The standard InChI is InChI=1S/C13H25N3/c1-13(10-14,15-2)11-16(3)9-12-7-5-4-6-8-12/h12,15H,4-9,11H2,1-3H3. The quantitative estimate of drug-likeness (QED) is 0.775. The van der Waals surface area contributed by atoms with Crippen molar-refractivity contribution in [2.75, 3.05) is 27.2 Å².